The van der Waals surface area contributed by atoms with E-state index < -0.39 is 5.97 Å². The van der Waals surface area contributed by atoms with E-state index in [0.717, 1.165) is 46.7 Å². The number of carboxylic acids is 1. The average Bonchev–Trinajstić information content (AvgIpc) is 3.22. The van der Waals surface area contributed by atoms with Gasteiger partial charge in [0.25, 0.3) is 0 Å². The predicted octanol–water partition coefficient (Wildman–Crippen LogP) is 8.65. The Bertz CT molecular complexity index is 1590. The van der Waals surface area contributed by atoms with E-state index in [1.165, 1.54) is 81.1 Å². The summed E-state index contributed by atoms with van der Waals surface area (Å²) >= 11 is 0. The maximum atomic E-state index is 11.9. The van der Waals surface area contributed by atoms with Crippen LogP contribution in [0.1, 0.15) is 80.6 Å². The Kier molecular flexibility index (Phi) is 8.75. The first-order valence-corrected chi connectivity index (χ1v) is 15.9. The molecule has 1 aromatic heterocycles. The molecule has 4 aromatic rings. The number of para-hydroxylation sites is 2. The third kappa shape index (κ3) is 5.65. The predicted molar refractivity (Wildman–Crippen MR) is 177 cm³/mol. The topological polar surface area (TPSA) is 66.7 Å². The number of nitrogens with one attached hydrogen (secondary N) is 1. The van der Waals surface area contributed by atoms with Crippen molar-refractivity contribution in [1.29, 1.82) is 0 Å². The highest BCUT2D eigenvalue weighted by molar-refractivity contribution is 6.00. The molecule has 0 unspecified atom stereocenters. The van der Waals surface area contributed by atoms with E-state index in [4.69, 9.17) is 4.74 Å². The Labute approximate surface area is 255 Å². The van der Waals surface area contributed by atoms with E-state index in [2.05, 4.69) is 63.3 Å². The standard InChI is InChI=1S/C36H41N3O3.CH4/c40-36(41)26-16-17-29-32(24-26)39-22-23-42-35-28(13-9-14-30(35)34(39)33(29)25-10-3-1-4-11-25)27-12-5-6-15-31(27)37-18-21-38-19-7-2-8-20-38;/h5-6,9,12-17,24-25,37H,1-4,7-8,10-11,18-23H2,(H,40,41);1H4. The first kappa shape index (κ1) is 29.3. The molecule has 3 aliphatic rings. The summed E-state index contributed by atoms with van der Waals surface area (Å²) in [5.74, 6) is 0.509. The minimum absolute atomic E-state index is 0. The maximum Gasteiger partial charge on any atom is 0.335 e. The Morgan fingerprint density at radius 3 is 2.42 bits per heavy atom. The molecule has 1 saturated carbocycles. The molecule has 2 N–H and O–H groups in total. The zero-order valence-electron chi connectivity index (χ0n) is 24.4. The van der Waals surface area contributed by atoms with Crippen molar-refractivity contribution in [2.75, 3.05) is 38.1 Å². The van der Waals surface area contributed by atoms with E-state index in [1.54, 1.807) is 6.07 Å². The molecule has 2 fully saturated rings. The van der Waals surface area contributed by atoms with E-state index in [9.17, 15) is 9.90 Å². The van der Waals surface area contributed by atoms with Crippen molar-refractivity contribution in [1.82, 2.24) is 9.47 Å². The second-order valence-electron chi connectivity index (χ2n) is 12.2. The van der Waals surface area contributed by atoms with E-state index in [-0.39, 0.29) is 7.43 Å². The minimum atomic E-state index is -0.886. The van der Waals surface area contributed by atoms with Crippen molar-refractivity contribution in [2.24, 2.45) is 0 Å². The van der Waals surface area contributed by atoms with Crippen LogP contribution in [-0.2, 0) is 6.54 Å². The molecule has 6 nitrogen and oxygen atoms in total. The number of anilines is 1. The number of rotatable bonds is 7. The molecule has 0 bridgehead atoms. The molecule has 3 heterocycles. The van der Waals surface area contributed by atoms with Crippen molar-refractivity contribution >= 4 is 22.6 Å². The number of fused-ring (bicyclic) bond motifs is 5. The van der Waals surface area contributed by atoms with Crippen LogP contribution in [0.25, 0.3) is 33.3 Å². The van der Waals surface area contributed by atoms with Gasteiger partial charge in [-0.2, -0.15) is 0 Å². The highest BCUT2D eigenvalue weighted by atomic mass is 16.5. The monoisotopic (exact) mass is 579 g/mol. The van der Waals surface area contributed by atoms with E-state index in [1.807, 2.05) is 6.07 Å². The number of hydrogen-bond acceptors (Lipinski definition) is 4. The zero-order chi connectivity index (χ0) is 28.5. The summed E-state index contributed by atoms with van der Waals surface area (Å²) in [6.07, 6.45) is 10.1. The molecule has 0 spiro atoms. The highest BCUT2D eigenvalue weighted by Gasteiger charge is 2.30. The maximum absolute atomic E-state index is 11.9. The van der Waals surface area contributed by atoms with Gasteiger partial charge >= 0.3 is 5.97 Å². The van der Waals surface area contributed by atoms with Gasteiger partial charge in [0.05, 0.1) is 17.8 Å². The molecule has 1 saturated heterocycles. The van der Waals surface area contributed by atoms with Crippen LogP contribution in [0.3, 0.4) is 0 Å². The number of carboxylic acid groups (broad SMARTS) is 1. The number of ether oxygens (including phenoxy) is 1. The van der Waals surface area contributed by atoms with Gasteiger partial charge in [0.15, 0.2) is 0 Å². The van der Waals surface area contributed by atoms with Crippen molar-refractivity contribution in [3.63, 3.8) is 0 Å². The van der Waals surface area contributed by atoms with Gasteiger partial charge in [0.2, 0.25) is 0 Å². The number of hydrogen-bond donors (Lipinski definition) is 2. The molecule has 226 valence electrons. The quantitative estimate of drug-likeness (QED) is 0.229. The number of likely N-dealkylation sites (tertiary alicyclic amines) is 1. The number of aromatic nitrogens is 1. The smallest absolute Gasteiger partial charge is 0.335 e. The lowest BCUT2D eigenvalue weighted by atomic mass is 9.81. The van der Waals surface area contributed by atoms with Crippen LogP contribution >= 0.6 is 0 Å². The second-order valence-corrected chi connectivity index (χ2v) is 12.2. The summed E-state index contributed by atoms with van der Waals surface area (Å²) in [5.41, 5.74) is 8.44. The molecule has 0 radical (unpaired) electrons. The van der Waals surface area contributed by atoms with Gasteiger partial charge in [-0.1, -0.05) is 69.5 Å². The Morgan fingerprint density at radius 1 is 0.860 bits per heavy atom. The largest absolute Gasteiger partial charge is 0.490 e. The van der Waals surface area contributed by atoms with E-state index in [0.29, 0.717) is 24.6 Å². The molecular formula is C37H45N3O3. The summed E-state index contributed by atoms with van der Waals surface area (Å²) in [7, 11) is 0. The van der Waals surface area contributed by atoms with Gasteiger partial charge in [-0.25, -0.2) is 4.79 Å². The van der Waals surface area contributed by atoms with Gasteiger partial charge in [-0.3, -0.25) is 0 Å². The van der Waals surface area contributed by atoms with Crippen LogP contribution < -0.4 is 10.1 Å². The van der Waals surface area contributed by atoms with Gasteiger partial charge < -0.3 is 24.6 Å². The van der Waals surface area contributed by atoms with Crippen molar-refractivity contribution in [3.05, 3.63) is 71.8 Å². The lowest BCUT2D eigenvalue weighted by molar-refractivity contribution is 0.0697. The van der Waals surface area contributed by atoms with Crippen molar-refractivity contribution in [2.45, 2.75) is 71.3 Å². The highest BCUT2D eigenvalue weighted by Crippen LogP contribution is 2.50. The summed E-state index contributed by atoms with van der Waals surface area (Å²) in [4.78, 5) is 14.5. The van der Waals surface area contributed by atoms with Gasteiger partial charge in [0, 0.05) is 46.4 Å². The minimum Gasteiger partial charge on any atom is -0.490 e. The molecule has 2 aliphatic heterocycles. The van der Waals surface area contributed by atoms with E-state index >= 15 is 0 Å². The number of piperidine rings is 1. The summed E-state index contributed by atoms with van der Waals surface area (Å²) in [6.45, 7) is 5.60. The number of nitrogens with zero attached hydrogens (tertiary/aromatic N) is 2. The first-order valence-electron chi connectivity index (χ1n) is 15.9. The first-order chi connectivity index (χ1) is 20.7. The van der Waals surface area contributed by atoms with Crippen LogP contribution in [0.15, 0.2) is 60.7 Å². The summed E-state index contributed by atoms with van der Waals surface area (Å²) < 4.78 is 8.96. The molecule has 1 aliphatic carbocycles. The lowest BCUT2D eigenvalue weighted by Gasteiger charge is -2.26. The third-order valence-corrected chi connectivity index (χ3v) is 9.60. The van der Waals surface area contributed by atoms with Gasteiger partial charge in [-0.05, 0) is 74.5 Å². The fourth-order valence-electron chi connectivity index (χ4n) is 7.57. The Hall–Kier alpha value is -3.77. The number of aromatic carboxylic acids is 1. The van der Waals surface area contributed by atoms with Gasteiger partial charge in [-0.15, -0.1) is 0 Å². The van der Waals surface area contributed by atoms with Crippen LogP contribution in [0.4, 0.5) is 5.69 Å². The third-order valence-electron chi connectivity index (χ3n) is 9.60. The number of carbonyl (C=O) groups is 1. The van der Waals surface area contributed by atoms with Crippen molar-refractivity contribution < 1.29 is 14.6 Å². The molecular weight excluding hydrogens is 534 g/mol. The Morgan fingerprint density at radius 2 is 1.60 bits per heavy atom. The van der Waals surface area contributed by atoms with Crippen LogP contribution in [0.5, 0.6) is 5.75 Å². The van der Waals surface area contributed by atoms with Crippen LogP contribution in [-0.4, -0.2) is 53.3 Å². The average molecular weight is 580 g/mol. The van der Waals surface area contributed by atoms with Crippen LogP contribution in [0, 0.1) is 0 Å². The molecule has 0 amide bonds. The second kappa shape index (κ2) is 12.8. The fraction of sp³-hybridized carbons (Fsp3) is 0.432. The normalized spacial score (nSPS) is 17.3. The molecule has 7 rings (SSSR count). The lowest BCUT2D eigenvalue weighted by Crippen LogP contribution is -2.33. The molecule has 43 heavy (non-hydrogen) atoms. The van der Waals surface area contributed by atoms with Crippen molar-refractivity contribution in [3.8, 4) is 28.1 Å². The van der Waals surface area contributed by atoms with Crippen LogP contribution in [0.2, 0.25) is 0 Å². The summed E-state index contributed by atoms with van der Waals surface area (Å²) in [6, 6.07) is 20.8. The van der Waals surface area contributed by atoms with Gasteiger partial charge in [0.1, 0.15) is 12.4 Å². The molecule has 3 aromatic carbocycles. The molecule has 6 heteroatoms. The molecule has 0 atom stereocenters. The zero-order valence-corrected chi connectivity index (χ0v) is 24.4. The Balaban J connectivity index is 0.00000329. The number of benzene rings is 3. The fourth-order valence-corrected chi connectivity index (χ4v) is 7.57. The SMILES string of the molecule is C.O=C(O)c1ccc2c(C3CCCCC3)c3n(c2c1)CCOc1c(-c2ccccc2NCCN2CCCCC2)cccc1-3. The summed E-state index contributed by atoms with van der Waals surface area (Å²) in [5, 5.41) is 14.7.